The van der Waals surface area contributed by atoms with E-state index in [0.29, 0.717) is 0 Å². The molecule has 0 saturated carbocycles. The molecule has 3 nitrogen and oxygen atoms in total. The van der Waals surface area contributed by atoms with Gasteiger partial charge in [0, 0.05) is 38.8 Å². The van der Waals surface area contributed by atoms with Gasteiger partial charge in [-0.25, -0.2) is 4.99 Å². The summed E-state index contributed by atoms with van der Waals surface area (Å²) < 4.78 is 0. The number of hydrogen-bond acceptors (Lipinski definition) is 2. The molecular weight excluding hydrogens is 290 g/mol. The van der Waals surface area contributed by atoms with E-state index in [1.54, 1.807) is 0 Å². The van der Waals surface area contributed by atoms with Crippen LogP contribution in [0.15, 0.2) is 64.5 Å². The van der Waals surface area contributed by atoms with E-state index >= 15 is 0 Å². The lowest BCUT2D eigenvalue weighted by Gasteiger charge is -2.23. The molecule has 0 saturated heterocycles. The summed E-state index contributed by atoms with van der Waals surface area (Å²) in [7, 11) is 8.05. The summed E-state index contributed by atoms with van der Waals surface area (Å²) in [6.45, 7) is 0. The monoisotopic (exact) mass is 313 g/mol. The summed E-state index contributed by atoms with van der Waals surface area (Å²) in [5.41, 5.74) is 2.34. The van der Waals surface area contributed by atoms with Crippen molar-refractivity contribution in [3.8, 4) is 0 Å². The number of benzene rings is 2. The third-order valence-corrected chi connectivity index (χ3v) is 4.26. The van der Waals surface area contributed by atoms with E-state index < -0.39 is 0 Å². The molecule has 0 spiro atoms. The highest BCUT2D eigenvalue weighted by atomic mass is 32.2. The van der Waals surface area contributed by atoms with E-state index in [1.807, 2.05) is 61.9 Å². The van der Waals surface area contributed by atoms with E-state index in [1.165, 1.54) is 10.5 Å². The summed E-state index contributed by atoms with van der Waals surface area (Å²) in [5, 5.41) is 0. The average molecular weight is 313 g/mol. The molecule has 0 fully saturated rings. The van der Waals surface area contributed by atoms with Gasteiger partial charge in [0.2, 0.25) is 5.96 Å². The van der Waals surface area contributed by atoms with E-state index in [4.69, 9.17) is 4.99 Å². The second kappa shape index (κ2) is 7.90. The Morgan fingerprint density at radius 1 is 0.864 bits per heavy atom. The van der Waals surface area contributed by atoms with E-state index in [0.717, 1.165) is 17.4 Å². The van der Waals surface area contributed by atoms with Crippen LogP contribution in [0.4, 0.5) is 5.69 Å². The molecule has 0 aliphatic heterocycles. The van der Waals surface area contributed by atoms with Crippen LogP contribution in [-0.4, -0.2) is 44.0 Å². The molecule has 0 heterocycles. The number of guanidine groups is 1. The number of aliphatic imine (C=N–C) groups is 1. The van der Waals surface area contributed by atoms with Crippen LogP contribution >= 0.6 is 11.8 Å². The van der Waals surface area contributed by atoms with Gasteiger partial charge in [-0.05, 0) is 17.7 Å². The SMILES string of the molecule is CN(C)C(=Nc1ccccc1SCc1ccccc1)N(C)C. The first-order valence-corrected chi connectivity index (χ1v) is 8.25. The summed E-state index contributed by atoms with van der Waals surface area (Å²) in [5.74, 6) is 1.89. The van der Waals surface area contributed by atoms with Gasteiger partial charge in [0.15, 0.2) is 0 Å². The van der Waals surface area contributed by atoms with Crippen molar-refractivity contribution in [1.29, 1.82) is 0 Å². The number of nitrogens with zero attached hydrogens (tertiary/aromatic N) is 3. The zero-order chi connectivity index (χ0) is 15.9. The summed E-state index contributed by atoms with van der Waals surface area (Å²) in [6, 6.07) is 18.8. The van der Waals surface area contributed by atoms with Gasteiger partial charge >= 0.3 is 0 Å². The van der Waals surface area contributed by atoms with Crippen molar-refractivity contribution in [1.82, 2.24) is 9.80 Å². The van der Waals surface area contributed by atoms with Crippen LogP contribution in [0.5, 0.6) is 0 Å². The van der Waals surface area contributed by atoms with E-state index in [2.05, 4.69) is 42.5 Å². The molecule has 0 N–H and O–H groups in total. The summed E-state index contributed by atoms with van der Waals surface area (Å²) in [6.07, 6.45) is 0. The van der Waals surface area contributed by atoms with Gasteiger partial charge in [-0.1, -0.05) is 42.5 Å². The molecule has 0 amide bonds. The van der Waals surface area contributed by atoms with Crippen LogP contribution in [0.3, 0.4) is 0 Å². The van der Waals surface area contributed by atoms with Crippen molar-refractivity contribution in [2.24, 2.45) is 4.99 Å². The topological polar surface area (TPSA) is 18.8 Å². The van der Waals surface area contributed by atoms with Crippen LogP contribution in [-0.2, 0) is 5.75 Å². The molecule has 0 aliphatic rings. The molecule has 116 valence electrons. The Balaban J connectivity index is 2.21. The molecule has 0 radical (unpaired) electrons. The maximum atomic E-state index is 4.82. The average Bonchev–Trinajstić information content (AvgIpc) is 2.52. The Morgan fingerprint density at radius 3 is 2.09 bits per heavy atom. The lowest BCUT2D eigenvalue weighted by atomic mass is 10.2. The number of thioether (sulfide) groups is 1. The number of rotatable bonds is 4. The van der Waals surface area contributed by atoms with Gasteiger partial charge in [0.1, 0.15) is 0 Å². The minimum Gasteiger partial charge on any atom is -0.349 e. The van der Waals surface area contributed by atoms with Crippen molar-refractivity contribution < 1.29 is 0 Å². The van der Waals surface area contributed by atoms with Crippen molar-refractivity contribution in [3.63, 3.8) is 0 Å². The predicted molar refractivity (Wildman–Crippen MR) is 96.9 cm³/mol. The highest BCUT2D eigenvalue weighted by Gasteiger charge is 2.08. The van der Waals surface area contributed by atoms with Crippen LogP contribution in [0.1, 0.15) is 5.56 Å². The third-order valence-electron chi connectivity index (χ3n) is 3.12. The molecule has 0 aromatic heterocycles. The Hall–Kier alpha value is -1.94. The minimum absolute atomic E-state index is 0.938. The first-order chi connectivity index (χ1) is 10.6. The van der Waals surface area contributed by atoms with Crippen molar-refractivity contribution in [3.05, 3.63) is 60.2 Å². The number of hydrogen-bond donors (Lipinski definition) is 0. The lowest BCUT2D eigenvalue weighted by molar-refractivity contribution is 0.484. The van der Waals surface area contributed by atoms with Crippen LogP contribution < -0.4 is 0 Å². The van der Waals surface area contributed by atoms with Crippen LogP contribution in [0.25, 0.3) is 0 Å². The van der Waals surface area contributed by atoms with E-state index in [-0.39, 0.29) is 0 Å². The highest BCUT2D eigenvalue weighted by Crippen LogP contribution is 2.32. The standard InChI is InChI=1S/C18H23N3S/c1-20(2)18(21(3)4)19-16-12-8-9-13-17(16)22-14-15-10-6-5-7-11-15/h5-13H,14H2,1-4H3. The molecule has 0 unspecified atom stereocenters. The molecule has 0 atom stereocenters. The van der Waals surface area contributed by atoms with E-state index in [9.17, 15) is 0 Å². The van der Waals surface area contributed by atoms with Crippen molar-refractivity contribution in [2.45, 2.75) is 10.6 Å². The molecular formula is C18H23N3S. The largest absolute Gasteiger partial charge is 0.349 e. The summed E-state index contributed by atoms with van der Waals surface area (Å²) >= 11 is 1.82. The Kier molecular flexibility index (Phi) is 5.90. The molecule has 2 aromatic rings. The van der Waals surface area contributed by atoms with Gasteiger partial charge in [-0.2, -0.15) is 0 Å². The van der Waals surface area contributed by atoms with Crippen LogP contribution in [0, 0.1) is 0 Å². The van der Waals surface area contributed by atoms with Gasteiger partial charge in [0.25, 0.3) is 0 Å². The van der Waals surface area contributed by atoms with Crippen LogP contribution in [0.2, 0.25) is 0 Å². The van der Waals surface area contributed by atoms with Gasteiger partial charge < -0.3 is 9.80 Å². The quantitative estimate of drug-likeness (QED) is 0.481. The second-order valence-electron chi connectivity index (χ2n) is 5.44. The molecule has 2 rings (SSSR count). The highest BCUT2D eigenvalue weighted by molar-refractivity contribution is 7.98. The van der Waals surface area contributed by atoms with Crippen molar-refractivity contribution in [2.75, 3.05) is 28.2 Å². The minimum atomic E-state index is 0.938. The molecule has 0 bridgehead atoms. The maximum Gasteiger partial charge on any atom is 0.200 e. The first-order valence-electron chi connectivity index (χ1n) is 7.27. The Bertz CT molecular complexity index is 611. The molecule has 22 heavy (non-hydrogen) atoms. The zero-order valence-corrected chi connectivity index (χ0v) is 14.5. The van der Waals surface area contributed by atoms with Gasteiger partial charge in [0.05, 0.1) is 5.69 Å². The maximum absolute atomic E-state index is 4.82. The molecule has 0 aliphatic carbocycles. The zero-order valence-electron chi connectivity index (χ0n) is 13.7. The fourth-order valence-corrected chi connectivity index (χ4v) is 3.07. The van der Waals surface area contributed by atoms with Crippen molar-refractivity contribution >= 4 is 23.4 Å². The summed E-state index contributed by atoms with van der Waals surface area (Å²) in [4.78, 5) is 10.1. The fourth-order valence-electron chi connectivity index (χ4n) is 2.11. The molecule has 2 aromatic carbocycles. The first kappa shape index (κ1) is 16.4. The fraction of sp³-hybridized carbons (Fsp3) is 0.278. The Morgan fingerprint density at radius 2 is 1.45 bits per heavy atom. The van der Waals surface area contributed by atoms with Gasteiger partial charge in [-0.3, -0.25) is 0 Å². The second-order valence-corrected chi connectivity index (χ2v) is 6.46. The third kappa shape index (κ3) is 4.53. The van der Waals surface area contributed by atoms with Gasteiger partial charge in [-0.15, -0.1) is 11.8 Å². The predicted octanol–water partition coefficient (Wildman–Crippen LogP) is 4.09. The molecule has 4 heteroatoms. The smallest absolute Gasteiger partial charge is 0.200 e. The normalized spacial score (nSPS) is 10.2. The lowest BCUT2D eigenvalue weighted by Crippen LogP contribution is -2.35. The number of para-hydroxylation sites is 1. The Labute approximate surface area is 137 Å².